The first-order valence-corrected chi connectivity index (χ1v) is 10.6. The number of nitrogens with one attached hydrogen (secondary N) is 2. The molecule has 0 aliphatic carbocycles. The van der Waals surface area contributed by atoms with Crippen LogP contribution < -0.4 is 9.46 Å². The van der Waals surface area contributed by atoms with Gasteiger partial charge >= 0.3 is 0 Å². The van der Waals surface area contributed by atoms with Gasteiger partial charge in [-0.05, 0) is 36.4 Å². The standard InChI is InChI=1S/C23H17N3O3S/c24-15-19(14-17-16-25-21-11-5-4-10-20(17)21)30(27,28)26-22-12-6-7-13-23(22)29-18-8-2-1-3-9-18/h1-14,16,25-26H/b19-14-. The highest BCUT2D eigenvalue weighted by atomic mass is 32.2. The molecule has 0 saturated heterocycles. The number of sulfonamides is 1. The van der Waals surface area contributed by atoms with Gasteiger partial charge in [-0.2, -0.15) is 5.26 Å². The van der Waals surface area contributed by atoms with E-state index in [0.29, 0.717) is 17.1 Å². The number of rotatable bonds is 6. The molecule has 1 aromatic heterocycles. The molecule has 30 heavy (non-hydrogen) atoms. The Morgan fingerprint density at radius 1 is 0.967 bits per heavy atom. The Hall–Kier alpha value is -4.02. The first-order valence-electron chi connectivity index (χ1n) is 9.09. The minimum atomic E-state index is -4.13. The van der Waals surface area contributed by atoms with Crippen LogP contribution in [0.25, 0.3) is 17.0 Å². The van der Waals surface area contributed by atoms with Crippen molar-refractivity contribution in [3.05, 3.63) is 95.5 Å². The van der Waals surface area contributed by atoms with Crippen LogP contribution in [0.5, 0.6) is 11.5 Å². The number of para-hydroxylation sites is 4. The van der Waals surface area contributed by atoms with Crippen molar-refractivity contribution in [3.8, 4) is 17.6 Å². The minimum Gasteiger partial charge on any atom is -0.455 e. The van der Waals surface area contributed by atoms with Crippen molar-refractivity contribution in [3.63, 3.8) is 0 Å². The Labute approximate surface area is 174 Å². The molecule has 7 heteroatoms. The third-order valence-corrected chi connectivity index (χ3v) is 5.69. The Morgan fingerprint density at radius 3 is 2.47 bits per heavy atom. The van der Waals surface area contributed by atoms with Crippen LogP contribution in [-0.2, 0) is 10.0 Å². The molecule has 4 rings (SSSR count). The van der Waals surface area contributed by atoms with Gasteiger partial charge in [0.25, 0.3) is 10.0 Å². The van der Waals surface area contributed by atoms with Gasteiger partial charge in [-0.15, -0.1) is 0 Å². The number of nitriles is 1. The highest BCUT2D eigenvalue weighted by molar-refractivity contribution is 7.97. The molecule has 0 bridgehead atoms. The molecular weight excluding hydrogens is 398 g/mol. The summed E-state index contributed by atoms with van der Waals surface area (Å²) in [5.41, 5.74) is 1.70. The number of aromatic amines is 1. The van der Waals surface area contributed by atoms with E-state index in [2.05, 4.69) is 9.71 Å². The van der Waals surface area contributed by atoms with E-state index < -0.39 is 14.9 Å². The lowest BCUT2D eigenvalue weighted by Gasteiger charge is -2.13. The number of fused-ring (bicyclic) bond motifs is 1. The van der Waals surface area contributed by atoms with Gasteiger partial charge in [0, 0.05) is 22.7 Å². The number of nitrogens with zero attached hydrogens (tertiary/aromatic N) is 1. The molecule has 0 fully saturated rings. The van der Waals surface area contributed by atoms with Crippen LogP contribution in [0.4, 0.5) is 5.69 Å². The first kappa shape index (κ1) is 19.3. The van der Waals surface area contributed by atoms with Crippen LogP contribution in [0.1, 0.15) is 5.56 Å². The fourth-order valence-electron chi connectivity index (χ4n) is 2.98. The maximum absolute atomic E-state index is 12.9. The molecule has 0 radical (unpaired) electrons. The van der Waals surface area contributed by atoms with Crippen LogP contribution in [0.15, 0.2) is 90.0 Å². The van der Waals surface area contributed by atoms with E-state index in [4.69, 9.17) is 4.74 Å². The lowest BCUT2D eigenvalue weighted by Crippen LogP contribution is -2.14. The molecule has 6 nitrogen and oxygen atoms in total. The average Bonchev–Trinajstić information content (AvgIpc) is 3.17. The van der Waals surface area contributed by atoms with Gasteiger partial charge < -0.3 is 9.72 Å². The largest absolute Gasteiger partial charge is 0.455 e. The summed E-state index contributed by atoms with van der Waals surface area (Å²) in [5.74, 6) is 0.899. The Kier molecular flexibility index (Phi) is 5.24. The number of anilines is 1. The topological polar surface area (TPSA) is 95.0 Å². The average molecular weight is 415 g/mol. The summed E-state index contributed by atoms with van der Waals surface area (Å²) in [6.45, 7) is 0. The Balaban J connectivity index is 1.66. The van der Waals surface area contributed by atoms with Gasteiger partial charge in [-0.25, -0.2) is 8.42 Å². The molecule has 0 aliphatic rings. The van der Waals surface area contributed by atoms with Crippen LogP contribution in [0.2, 0.25) is 0 Å². The smallest absolute Gasteiger partial charge is 0.272 e. The van der Waals surface area contributed by atoms with E-state index >= 15 is 0 Å². The lowest BCUT2D eigenvalue weighted by molar-refractivity contribution is 0.485. The molecular formula is C23H17N3O3S. The van der Waals surface area contributed by atoms with E-state index in [1.165, 1.54) is 6.08 Å². The second kappa shape index (κ2) is 8.15. The van der Waals surface area contributed by atoms with Crippen LogP contribution >= 0.6 is 0 Å². The van der Waals surface area contributed by atoms with E-state index in [1.54, 1.807) is 48.7 Å². The molecule has 148 valence electrons. The summed E-state index contributed by atoms with van der Waals surface area (Å²) < 4.78 is 34.1. The van der Waals surface area contributed by atoms with E-state index in [9.17, 15) is 13.7 Å². The number of benzene rings is 3. The van der Waals surface area contributed by atoms with Gasteiger partial charge in [-0.3, -0.25) is 4.72 Å². The van der Waals surface area contributed by atoms with Crippen LogP contribution in [0, 0.1) is 11.3 Å². The Morgan fingerprint density at radius 2 is 1.67 bits per heavy atom. The summed E-state index contributed by atoms with van der Waals surface area (Å²) in [6.07, 6.45) is 3.02. The molecule has 1 heterocycles. The second-order valence-electron chi connectivity index (χ2n) is 6.43. The van der Waals surface area contributed by atoms with Crippen molar-refractivity contribution in [2.75, 3.05) is 4.72 Å². The normalized spacial score (nSPS) is 11.8. The highest BCUT2D eigenvalue weighted by Gasteiger charge is 2.20. The zero-order valence-corrected chi connectivity index (χ0v) is 16.6. The monoisotopic (exact) mass is 415 g/mol. The first-order chi connectivity index (χ1) is 14.6. The maximum atomic E-state index is 12.9. The fraction of sp³-hybridized carbons (Fsp3) is 0. The molecule has 0 amide bonds. The quantitative estimate of drug-likeness (QED) is 0.420. The summed E-state index contributed by atoms with van der Waals surface area (Å²) in [4.78, 5) is 2.66. The number of allylic oxidation sites excluding steroid dienone is 1. The van der Waals surface area contributed by atoms with Crippen molar-refractivity contribution >= 4 is 32.7 Å². The molecule has 0 atom stereocenters. The molecule has 4 aromatic rings. The number of hydrogen-bond acceptors (Lipinski definition) is 4. The van der Waals surface area contributed by atoms with Crippen molar-refractivity contribution < 1.29 is 13.2 Å². The van der Waals surface area contributed by atoms with Crippen molar-refractivity contribution in [2.24, 2.45) is 0 Å². The van der Waals surface area contributed by atoms with Crippen molar-refractivity contribution in [1.29, 1.82) is 5.26 Å². The number of ether oxygens (including phenoxy) is 1. The van der Waals surface area contributed by atoms with Gasteiger partial charge in [0.05, 0.1) is 5.69 Å². The second-order valence-corrected chi connectivity index (χ2v) is 8.08. The lowest BCUT2D eigenvalue weighted by atomic mass is 10.1. The van der Waals surface area contributed by atoms with Gasteiger partial charge in [0.1, 0.15) is 11.8 Å². The summed E-state index contributed by atoms with van der Waals surface area (Å²) in [5, 5.41) is 10.4. The third kappa shape index (κ3) is 4.04. The summed E-state index contributed by atoms with van der Waals surface area (Å²) in [6, 6.07) is 24.9. The molecule has 2 N–H and O–H groups in total. The Bertz CT molecular complexity index is 1370. The van der Waals surface area contributed by atoms with Crippen molar-refractivity contribution in [2.45, 2.75) is 0 Å². The SMILES string of the molecule is N#C/C(=C/c1c[nH]c2ccccc12)S(=O)(=O)Nc1ccccc1Oc1ccccc1. The molecule has 3 aromatic carbocycles. The summed E-state index contributed by atoms with van der Waals surface area (Å²) in [7, 11) is -4.13. The number of H-pyrrole nitrogens is 1. The maximum Gasteiger partial charge on any atom is 0.272 e. The van der Waals surface area contributed by atoms with E-state index in [-0.39, 0.29) is 5.69 Å². The zero-order chi connectivity index (χ0) is 21.0. The van der Waals surface area contributed by atoms with E-state index in [0.717, 1.165) is 10.9 Å². The van der Waals surface area contributed by atoms with Crippen LogP contribution in [0.3, 0.4) is 0 Å². The van der Waals surface area contributed by atoms with Gasteiger partial charge in [0.2, 0.25) is 0 Å². The fourth-order valence-corrected chi connectivity index (χ4v) is 3.95. The van der Waals surface area contributed by atoms with E-state index in [1.807, 2.05) is 42.5 Å². The number of hydrogen-bond donors (Lipinski definition) is 2. The highest BCUT2D eigenvalue weighted by Crippen LogP contribution is 2.31. The predicted octanol–water partition coefficient (Wildman–Crippen LogP) is 5.27. The minimum absolute atomic E-state index is 0.237. The zero-order valence-electron chi connectivity index (χ0n) is 15.7. The molecule has 0 saturated carbocycles. The van der Waals surface area contributed by atoms with Gasteiger partial charge in [-0.1, -0.05) is 48.5 Å². The molecule has 0 aliphatic heterocycles. The van der Waals surface area contributed by atoms with Crippen LogP contribution in [-0.4, -0.2) is 13.4 Å². The number of aromatic nitrogens is 1. The third-order valence-electron chi connectivity index (χ3n) is 4.41. The molecule has 0 unspecified atom stereocenters. The predicted molar refractivity (Wildman–Crippen MR) is 117 cm³/mol. The van der Waals surface area contributed by atoms with Crippen molar-refractivity contribution in [1.82, 2.24) is 4.98 Å². The molecule has 0 spiro atoms. The van der Waals surface area contributed by atoms with Gasteiger partial charge in [0.15, 0.2) is 10.7 Å². The summed E-state index contributed by atoms with van der Waals surface area (Å²) >= 11 is 0.